The van der Waals surface area contributed by atoms with Gasteiger partial charge in [-0.3, -0.25) is 4.79 Å². The first-order valence-electron chi connectivity index (χ1n) is 7.89. The second-order valence-electron chi connectivity index (χ2n) is 5.71. The van der Waals surface area contributed by atoms with E-state index in [-0.39, 0.29) is 11.7 Å². The minimum absolute atomic E-state index is 0.303. The summed E-state index contributed by atoms with van der Waals surface area (Å²) in [5, 5.41) is 3.91. The third-order valence-electron chi connectivity index (χ3n) is 3.92. The van der Waals surface area contributed by atoms with E-state index in [0.717, 1.165) is 17.1 Å². The van der Waals surface area contributed by atoms with Crippen molar-refractivity contribution in [3.63, 3.8) is 0 Å². The molecule has 0 saturated carbocycles. The lowest BCUT2D eigenvalue weighted by molar-refractivity contribution is 0.0954. The highest BCUT2D eigenvalue weighted by Crippen LogP contribution is 2.20. The molecule has 3 rings (SSSR count). The Kier molecular flexibility index (Phi) is 4.75. The lowest BCUT2D eigenvalue weighted by atomic mass is 10.2. The van der Waals surface area contributed by atoms with Crippen LogP contribution in [0.25, 0.3) is 5.69 Å². The number of amides is 1. The van der Waals surface area contributed by atoms with E-state index in [2.05, 4.69) is 10.5 Å². The zero-order valence-corrected chi connectivity index (χ0v) is 14.0. The molecule has 0 unspecified atom stereocenters. The van der Waals surface area contributed by atoms with Crippen LogP contribution in [-0.2, 0) is 0 Å². The van der Waals surface area contributed by atoms with Crippen molar-refractivity contribution < 1.29 is 9.18 Å². The molecular formula is C20H18FN3O. The molecule has 0 saturated heterocycles. The average molecular weight is 335 g/mol. The van der Waals surface area contributed by atoms with E-state index in [1.54, 1.807) is 12.1 Å². The van der Waals surface area contributed by atoms with E-state index in [9.17, 15) is 9.18 Å². The van der Waals surface area contributed by atoms with Gasteiger partial charge < -0.3 is 4.57 Å². The largest absolute Gasteiger partial charge is 0.318 e. The molecular weight excluding hydrogens is 317 g/mol. The summed E-state index contributed by atoms with van der Waals surface area (Å²) in [4.78, 5) is 12.4. The van der Waals surface area contributed by atoms with Crippen LogP contribution in [0, 0.1) is 19.7 Å². The molecule has 3 aromatic rings. The molecule has 1 heterocycles. The number of carbonyl (C=O) groups is 1. The van der Waals surface area contributed by atoms with Gasteiger partial charge in [0.15, 0.2) is 0 Å². The highest BCUT2D eigenvalue weighted by Gasteiger charge is 2.16. The fourth-order valence-corrected chi connectivity index (χ4v) is 2.78. The molecule has 5 heteroatoms. The standard InChI is InChI=1S/C20H18FN3O/c1-14-11-19(15(2)24(14)18-9-4-3-5-10-18)20(25)23-22-13-16-7-6-8-17(21)12-16/h3-13H,1-2H3,(H,23,25). The van der Waals surface area contributed by atoms with Gasteiger partial charge in [0.25, 0.3) is 5.91 Å². The van der Waals surface area contributed by atoms with E-state index >= 15 is 0 Å². The van der Waals surface area contributed by atoms with Gasteiger partial charge in [0.2, 0.25) is 0 Å². The summed E-state index contributed by atoms with van der Waals surface area (Å²) in [6.45, 7) is 3.85. The van der Waals surface area contributed by atoms with Crippen molar-refractivity contribution in [3.8, 4) is 5.69 Å². The van der Waals surface area contributed by atoms with Gasteiger partial charge in [0.1, 0.15) is 5.82 Å². The number of carbonyl (C=O) groups excluding carboxylic acids is 1. The van der Waals surface area contributed by atoms with Crippen LogP contribution in [0.5, 0.6) is 0 Å². The van der Waals surface area contributed by atoms with Crippen molar-refractivity contribution in [2.45, 2.75) is 13.8 Å². The first-order valence-corrected chi connectivity index (χ1v) is 7.89. The summed E-state index contributed by atoms with van der Waals surface area (Å²) < 4.78 is 15.1. The topological polar surface area (TPSA) is 46.4 Å². The molecule has 1 N–H and O–H groups in total. The zero-order valence-electron chi connectivity index (χ0n) is 14.0. The molecule has 0 aliphatic rings. The Morgan fingerprint density at radius 3 is 2.56 bits per heavy atom. The fourth-order valence-electron chi connectivity index (χ4n) is 2.78. The van der Waals surface area contributed by atoms with Crippen molar-refractivity contribution >= 4 is 12.1 Å². The van der Waals surface area contributed by atoms with Crippen molar-refractivity contribution in [1.29, 1.82) is 0 Å². The van der Waals surface area contributed by atoms with Crippen LogP contribution in [0.4, 0.5) is 4.39 Å². The van der Waals surface area contributed by atoms with Gasteiger partial charge in [0.05, 0.1) is 11.8 Å². The Bertz CT molecular complexity index is 929. The molecule has 0 aliphatic heterocycles. The molecule has 1 aromatic heterocycles. The van der Waals surface area contributed by atoms with E-state index in [0.29, 0.717) is 11.1 Å². The third-order valence-corrected chi connectivity index (χ3v) is 3.92. The number of benzene rings is 2. The maximum absolute atomic E-state index is 13.1. The number of nitrogens with one attached hydrogen (secondary N) is 1. The third kappa shape index (κ3) is 3.66. The fraction of sp³-hybridized carbons (Fsp3) is 0.100. The smallest absolute Gasteiger partial charge is 0.273 e. The number of hydrogen-bond donors (Lipinski definition) is 1. The SMILES string of the molecule is Cc1cc(C(=O)NN=Cc2cccc(F)c2)c(C)n1-c1ccccc1. The van der Waals surface area contributed by atoms with Crippen molar-refractivity contribution in [1.82, 2.24) is 9.99 Å². The Morgan fingerprint density at radius 2 is 1.84 bits per heavy atom. The summed E-state index contributed by atoms with van der Waals surface area (Å²) in [5.74, 6) is -0.649. The molecule has 1 amide bonds. The number of nitrogens with zero attached hydrogens (tertiary/aromatic N) is 2. The lowest BCUT2D eigenvalue weighted by Crippen LogP contribution is -2.18. The van der Waals surface area contributed by atoms with Gasteiger partial charge in [-0.1, -0.05) is 30.3 Å². The second kappa shape index (κ2) is 7.13. The van der Waals surface area contributed by atoms with Crippen molar-refractivity contribution in [3.05, 3.63) is 89.0 Å². The number of hydrazone groups is 1. The second-order valence-corrected chi connectivity index (χ2v) is 5.71. The number of aromatic nitrogens is 1. The predicted octanol–water partition coefficient (Wildman–Crippen LogP) is 4.00. The molecule has 0 radical (unpaired) electrons. The molecule has 126 valence electrons. The summed E-state index contributed by atoms with van der Waals surface area (Å²) in [7, 11) is 0. The van der Waals surface area contributed by atoms with E-state index < -0.39 is 0 Å². The number of aryl methyl sites for hydroxylation is 1. The van der Waals surface area contributed by atoms with Crippen LogP contribution < -0.4 is 5.43 Å². The summed E-state index contributed by atoms with van der Waals surface area (Å²) in [5.41, 5.74) is 6.42. The van der Waals surface area contributed by atoms with E-state index in [1.165, 1.54) is 18.3 Å². The van der Waals surface area contributed by atoms with Gasteiger partial charge in [-0.15, -0.1) is 0 Å². The monoisotopic (exact) mass is 335 g/mol. The van der Waals surface area contributed by atoms with Gasteiger partial charge >= 0.3 is 0 Å². The molecule has 0 atom stereocenters. The average Bonchev–Trinajstić information content (AvgIpc) is 2.90. The van der Waals surface area contributed by atoms with Crippen LogP contribution in [0.1, 0.15) is 27.3 Å². The molecule has 0 aliphatic carbocycles. The Labute approximate surface area is 145 Å². The van der Waals surface area contributed by atoms with Gasteiger partial charge in [-0.2, -0.15) is 5.10 Å². The highest BCUT2D eigenvalue weighted by molar-refractivity contribution is 5.96. The van der Waals surface area contributed by atoms with Crippen molar-refractivity contribution in [2.75, 3.05) is 0 Å². The minimum Gasteiger partial charge on any atom is -0.318 e. The van der Waals surface area contributed by atoms with Crippen LogP contribution in [-0.4, -0.2) is 16.7 Å². The number of rotatable bonds is 4. The number of hydrogen-bond acceptors (Lipinski definition) is 2. The van der Waals surface area contributed by atoms with Gasteiger partial charge in [0, 0.05) is 17.1 Å². The van der Waals surface area contributed by atoms with E-state index in [4.69, 9.17) is 0 Å². The van der Waals surface area contributed by atoms with Crippen LogP contribution >= 0.6 is 0 Å². The Balaban J connectivity index is 1.79. The van der Waals surface area contributed by atoms with E-state index in [1.807, 2.05) is 54.8 Å². The first kappa shape index (κ1) is 16.6. The van der Waals surface area contributed by atoms with Gasteiger partial charge in [-0.05, 0) is 49.7 Å². The summed E-state index contributed by atoms with van der Waals surface area (Å²) in [6.07, 6.45) is 1.41. The first-order chi connectivity index (χ1) is 12.1. The molecule has 25 heavy (non-hydrogen) atoms. The maximum Gasteiger partial charge on any atom is 0.273 e. The predicted molar refractivity (Wildman–Crippen MR) is 96.7 cm³/mol. The quantitative estimate of drug-likeness (QED) is 0.568. The normalized spacial score (nSPS) is 11.0. The van der Waals surface area contributed by atoms with Crippen LogP contribution in [0.3, 0.4) is 0 Å². The highest BCUT2D eigenvalue weighted by atomic mass is 19.1. The lowest BCUT2D eigenvalue weighted by Gasteiger charge is -2.09. The Hall–Kier alpha value is -3.21. The molecule has 2 aromatic carbocycles. The molecule has 0 bridgehead atoms. The van der Waals surface area contributed by atoms with Crippen LogP contribution in [0.15, 0.2) is 65.8 Å². The minimum atomic E-state index is -0.346. The number of halogens is 1. The maximum atomic E-state index is 13.1. The van der Waals surface area contributed by atoms with Gasteiger partial charge in [-0.25, -0.2) is 9.82 Å². The molecule has 0 fully saturated rings. The molecule has 4 nitrogen and oxygen atoms in total. The molecule has 0 spiro atoms. The van der Waals surface area contributed by atoms with Crippen LogP contribution in [0.2, 0.25) is 0 Å². The number of para-hydroxylation sites is 1. The van der Waals surface area contributed by atoms with Crippen molar-refractivity contribution in [2.24, 2.45) is 5.10 Å². The Morgan fingerprint density at radius 1 is 1.08 bits per heavy atom. The summed E-state index contributed by atoms with van der Waals surface area (Å²) in [6, 6.07) is 17.7. The summed E-state index contributed by atoms with van der Waals surface area (Å²) >= 11 is 0. The zero-order chi connectivity index (χ0) is 17.8.